The second kappa shape index (κ2) is 6.08. The first-order chi connectivity index (χ1) is 9.78. The summed E-state index contributed by atoms with van der Waals surface area (Å²) in [6.45, 7) is 5.35. The predicted octanol–water partition coefficient (Wildman–Crippen LogP) is 2.10. The summed E-state index contributed by atoms with van der Waals surface area (Å²) in [6, 6.07) is 2.27. The van der Waals surface area contributed by atoms with Gasteiger partial charge in [-0.3, -0.25) is 0 Å². The van der Waals surface area contributed by atoms with E-state index >= 15 is 0 Å². The monoisotopic (exact) mass is 293 g/mol. The number of rotatable bonds is 3. The van der Waals surface area contributed by atoms with Gasteiger partial charge in [-0.15, -0.1) is 0 Å². The van der Waals surface area contributed by atoms with Crippen LogP contribution >= 0.6 is 11.5 Å². The van der Waals surface area contributed by atoms with Crippen LogP contribution in [0.3, 0.4) is 0 Å². The van der Waals surface area contributed by atoms with Crippen molar-refractivity contribution in [3.63, 3.8) is 0 Å². The van der Waals surface area contributed by atoms with Crippen LogP contribution in [-0.4, -0.2) is 42.9 Å². The normalized spacial score (nSPS) is 24.0. The van der Waals surface area contributed by atoms with E-state index in [1.165, 1.54) is 11.5 Å². The number of aromatic nitrogens is 1. The van der Waals surface area contributed by atoms with Crippen molar-refractivity contribution < 1.29 is 9.47 Å². The minimum absolute atomic E-state index is 0.284. The van der Waals surface area contributed by atoms with Crippen LogP contribution in [0.15, 0.2) is 0 Å². The van der Waals surface area contributed by atoms with E-state index in [0.29, 0.717) is 6.10 Å². The van der Waals surface area contributed by atoms with Crippen LogP contribution in [0.5, 0.6) is 0 Å². The third kappa shape index (κ3) is 2.80. The highest BCUT2D eigenvalue weighted by atomic mass is 32.1. The third-order valence-electron chi connectivity index (χ3n) is 3.96. The first kappa shape index (κ1) is 13.8. The molecule has 20 heavy (non-hydrogen) atoms. The van der Waals surface area contributed by atoms with Crippen LogP contribution in [0.1, 0.15) is 30.5 Å². The number of aryl methyl sites for hydroxylation is 1. The Kier molecular flexibility index (Phi) is 4.20. The van der Waals surface area contributed by atoms with Crippen molar-refractivity contribution in [2.45, 2.75) is 38.4 Å². The van der Waals surface area contributed by atoms with Crippen molar-refractivity contribution in [1.82, 2.24) is 4.37 Å². The fourth-order valence-corrected chi connectivity index (χ4v) is 3.69. The molecule has 2 aliphatic heterocycles. The fraction of sp³-hybridized carbons (Fsp3) is 0.714. The summed E-state index contributed by atoms with van der Waals surface area (Å²) < 4.78 is 15.7. The zero-order chi connectivity index (χ0) is 13.9. The number of anilines is 1. The Hall–Kier alpha value is -1.16. The molecule has 2 saturated heterocycles. The fourth-order valence-electron chi connectivity index (χ4n) is 2.79. The summed E-state index contributed by atoms with van der Waals surface area (Å²) in [5.41, 5.74) is 1.58. The van der Waals surface area contributed by atoms with Gasteiger partial charge in [0, 0.05) is 19.7 Å². The topological polar surface area (TPSA) is 58.4 Å². The van der Waals surface area contributed by atoms with Crippen LogP contribution in [0.2, 0.25) is 0 Å². The Balaban J connectivity index is 1.56. The van der Waals surface area contributed by atoms with Gasteiger partial charge in [0.25, 0.3) is 0 Å². The minimum Gasteiger partial charge on any atom is -0.379 e. The van der Waals surface area contributed by atoms with Crippen LogP contribution in [-0.2, 0) is 9.47 Å². The van der Waals surface area contributed by atoms with Gasteiger partial charge in [0.05, 0.1) is 24.5 Å². The van der Waals surface area contributed by atoms with Gasteiger partial charge in [0.15, 0.2) is 0 Å². The lowest BCUT2D eigenvalue weighted by Gasteiger charge is -2.33. The van der Waals surface area contributed by atoms with Gasteiger partial charge in [0.2, 0.25) is 0 Å². The Morgan fingerprint density at radius 1 is 1.35 bits per heavy atom. The lowest BCUT2D eigenvalue weighted by Crippen LogP contribution is -2.38. The molecule has 0 radical (unpaired) electrons. The second-order valence-corrected chi connectivity index (χ2v) is 6.12. The summed E-state index contributed by atoms with van der Waals surface area (Å²) >= 11 is 1.43. The van der Waals surface area contributed by atoms with Crippen molar-refractivity contribution in [2.24, 2.45) is 0 Å². The molecule has 2 aliphatic rings. The Morgan fingerprint density at radius 3 is 2.80 bits per heavy atom. The number of hydrogen-bond acceptors (Lipinski definition) is 6. The Labute approximate surface area is 123 Å². The van der Waals surface area contributed by atoms with E-state index in [0.717, 1.165) is 61.8 Å². The highest BCUT2D eigenvalue weighted by Gasteiger charge is 2.27. The zero-order valence-corrected chi connectivity index (χ0v) is 12.5. The van der Waals surface area contributed by atoms with E-state index in [1.54, 1.807) is 0 Å². The van der Waals surface area contributed by atoms with Crippen molar-refractivity contribution in [3.05, 3.63) is 11.3 Å². The second-order valence-electron chi connectivity index (χ2n) is 5.37. The summed E-state index contributed by atoms with van der Waals surface area (Å²) in [7, 11) is 0. The molecule has 2 fully saturated rings. The van der Waals surface area contributed by atoms with Crippen LogP contribution in [0.4, 0.5) is 5.00 Å². The molecule has 1 unspecified atom stereocenters. The molecule has 0 aromatic carbocycles. The van der Waals surface area contributed by atoms with E-state index in [-0.39, 0.29) is 6.10 Å². The molecule has 1 aromatic heterocycles. The van der Waals surface area contributed by atoms with Crippen molar-refractivity contribution in [3.8, 4) is 6.07 Å². The molecule has 5 nitrogen and oxygen atoms in total. The smallest absolute Gasteiger partial charge is 0.130 e. The van der Waals surface area contributed by atoms with E-state index < -0.39 is 0 Å². The molecule has 6 heteroatoms. The largest absolute Gasteiger partial charge is 0.379 e. The molecular weight excluding hydrogens is 274 g/mol. The van der Waals surface area contributed by atoms with E-state index in [4.69, 9.17) is 9.47 Å². The van der Waals surface area contributed by atoms with Crippen LogP contribution in [0.25, 0.3) is 0 Å². The third-order valence-corrected chi connectivity index (χ3v) is 4.96. The average Bonchev–Trinajstić information content (AvgIpc) is 3.09. The summed E-state index contributed by atoms with van der Waals surface area (Å²) in [4.78, 5) is 2.27. The van der Waals surface area contributed by atoms with Crippen molar-refractivity contribution in [1.29, 1.82) is 5.26 Å². The van der Waals surface area contributed by atoms with Crippen molar-refractivity contribution >= 4 is 16.5 Å². The average molecular weight is 293 g/mol. The van der Waals surface area contributed by atoms with Gasteiger partial charge >= 0.3 is 0 Å². The lowest BCUT2D eigenvalue weighted by molar-refractivity contribution is -0.0260. The molecule has 1 atom stereocenters. The quantitative estimate of drug-likeness (QED) is 0.854. The number of piperidine rings is 1. The maximum Gasteiger partial charge on any atom is 0.130 e. The number of ether oxygens (including phenoxy) is 2. The molecular formula is C14H19N3O2S. The Morgan fingerprint density at radius 2 is 2.15 bits per heavy atom. The first-order valence-corrected chi connectivity index (χ1v) is 7.90. The summed E-state index contributed by atoms with van der Waals surface area (Å²) in [6.07, 6.45) is 3.66. The van der Waals surface area contributed by atoms with Gasteiger partial charge in [-0.2, -0.15) is 9.64 Å². The first-order valence-electron chi connectivity index (χ1n) is 7.12. The SMILES string of the molecule is Cc1nsc(N2CCC(OC3CCOC3)CC2)c1C#N. The molecule has 108 valence electrons. The van der Waals surface area contributed by atoms with Crippen LogP contribution < -0.4 is 4.90 Å². The molecule has 0 saturated carbocycles. The summed E-state index contributed by atoms with van der Waals surface area (Å²) in [5.74, 6) is 0. The van der Waals surface area contributed by atoms with Crippen molar-refractivity contribution in [2.75, 3.05) is 31.2 Å². The lowest BCUT2D eigenvalue weighted by atomic mass is 10.1. The molecule has 3 heterocycles. The predicted molar refractivity (Wildman–Crippen MR) is 77.1 cm³/mol. The van der Waals surface area contributed by atoms with E-state index in [9.17, 15) is 5.26 Å². The molecule has 0 spiro atoms. The molecule has 0 aliphatic carbocycles. The molecule has 0 N–H and O–H groups in total. The number of nitriles is 1. The molecule has 1 aromatic rings. The van der Waals surface area contributed by atoms with Gasteiger partial charge in [-0.25, -0.2) is 0 Å². The van der Waals surface area contributed by atoms with E-state index in [2.05, 4.69) is 15.3 Å². The molecule has 3 rings (SSSR count). The highest BCUT2D eigenvalue weighted by Crippen LogP contribution is 2.31. The Bertz CT molecular complexity index is 497. The standard InChI is InChI=1S/C14H19N3O2S/c1-10-13(8-15)14(20-16-10)17-5-2-11(3-6-17)19-12-4-7-18-9-12/h11-12H,2-7,9H2,1H3. The molecule has 0 bridgehead atoms. The zero-order valence-electron chi connectivity index (χ0n) is 11.7. The number of hydrogen-bond donors (Lipinski definition) is 0. The minimum atomic E-state index is 0.284. The van der Waals surface area contributed by atoms with E-state index in [1.807, 2.05) is 6.92 Å². The summed E-state index contributed by atoms with van der Waals surface area (Å²) in [5, 5.41) is 10.2. The number of nitrogens with zero attached hydrogens (tertiary/aromatic N) is 3. The van der Waals surface area contributed by atoms with Gasteiger partial charge in [0.1, 0.15) is 16.6 Å². The van der Waals surface area contributed by atoms with Gasteiger partial charge in [-0.1, -0.05) is 0 Å². The molecule has 0 amide bonds. The maximum atomic E-state index is 9.21. The van der Waals surface area contributed by atoms with Gasteiger partial charge in [-0.05, 0) is 37.7 Å². The van der Waals surface area contributed by atoms with Gasteiger partial charge < -0.3 is 14.4 Å². The maximum absolute atomic E-state index is 9.21. The van der Waals surface area contributed by atoms with Crippen LogP contribution in [0, 0.1) is 18.3 Å². The highest BCUT2D eigenvalue weighted by molar-refractivity contribution is 7.10.